The van der Waals surface area contributed by atoms with E-state index in [1.54, 1.807) is 11.8 Å². The van der Waals surface area contributed by atoms with Gasteiger partial charge in [-0.3, -0.25) is 0 Å². The van der Waals surface area contributed by atoms with Crippen LogP contribution in [0.3, 0.4) is 0 Å². The Morgan fingerprint density at radius 2 is 2.00 bits per heavy atom. The zero-order chi connectivity index (χ0) is 12.1. The summed E-state index contributed by atoms with van der Waals surface area (Å²) in [5, 5.41) is 5.05. The maximum absolute atomic E-state index is 4.32. The summed E-state index contributed by atoms with van der Waals surface area (Å²) in [6.45, 7) is 5.29. The van der Waals surface area contributed by atoms with Crippen molar-refractivity contribution in [1.29, 1.82) is 0 Å². The van der Waals surface area contributed by atoms with Crippen molar-refractivity contribution in [2.75, 3.05) is 6.54 Å². The molecular weight excluding hydrogens is 230 g/mol. The first-order chi connectivity index (χ1) is 8.24. The van der Waals surface area contributed by atoms with Crippen LogP contribution in [0.5, 0.6) is 0 Å². The van der Waals surface area contributed by atoms with Gasteiger partial charge in [0, 0.05) is 30.2 Å². The molecule has 1 N–H and O–H groups in total. The monoisotopic (exact) mass is 251 g/mol. The van der Waals surface area contributed by atoms with E-state index in [2.05, 4.69) is 22.2 Å². The van der Waals surface area contributed by atoms with E-state index in [9.17, 15) is 0 Å². The normalized spacial score (nSPS) is 18.5. The summed E-state index contributed by atoms with van der Waals surface area (Å²) in [4.78, 5) is 8.64. The lowest BCUT2D eigenvalue weighted by molar-refractivity contribution is 0.527. The Kier molecular flexibility index (Phi) is 4.80. The molecule has 0 amide bonds. The van der Waals surface area contributed by atoms with Crippen LogP contribution in [0.25, 0.3) is 0 Å². The number of hydrogen-bond donors (Lipinski definition) is 1. The van der Waals surface area contributed by atoms with Crippen molar-refractivity contribution in [3.8, 4) is 0 Å². The predicted molar refractivity (Wildman–Crippen MR) is 72.3 cm³/mol. The predicted octanol–water partition coefficient (Wildman–Crippen LogP) is 2.80. The highest BCUT2D eigenvalue weighted by Crippen LogP contribution is 2.20. The first-order valence-electron chi connectivity index (χ1n) is 6.43. The molecule has 0 aromatic carbocycles. The van der Waals surface area contributed by atoms with Crippen LogP contribution >= 0.6 is 11.8 Å². The van der Waals surface area contributed by atoms with Crippen molar-refractivity contribution in [2.24, 2.45) is 0 Å². The van der Waals surface area contributed by atoms with Crippen LogP contribution < -0.4 is 5.32 Å². The van der Waals surface area contributed by atoms with E-state index in [4.69, 9.17) is 0 Å². The van der Waals surface area contributed by atoms with E-state index < -0.39 is 0 Å². The molecule has 0 radical (unpaired) electrons. The highest BCUT2D eigenvalue weighted by atomic mass is 32.2. The summed E-state index contributed by atoms with van der Waals surface area (Å²) >= 11 is 1.75. The Balaban J connectivity index is 1.72. The van der Waals surface area contributed by atoms with Gasteiger partial charge in [0.25, 0.3) is 0 Å². The first-order valence-corrected chi connectivity index (χ1v) is 7.30. The second-order valence-electron chi connectivity index (χ2n) is 4.86. The molecule has 0 saturated heterocycles. The third-order valence-electron chi connectivity index (χ3n) is 3.11. The first kappa shape index (κ1) is 12.8. The third kappa shape index (κ3) is 4.28. The molecule has 1 aliphatic carbocycles. The van der Waals surface area contributed by atoms with Gasteiger partial charge >= 0.3 is 0 Å². The molecule has 1 saturated carbocycles. The van der Waals surface area contributed by atoms with Crippen molar-refractivity contribution < 1.29 is 0 Å². The number of rotatable bonds is 5. The molecule has 0 aliphatic heterocycles. The number of aromatic nitrogens is 2. The zero-order valence-electron chi connectivity index (χ0n) is 10.6. The van der Waals surface area contributed by atoms with Gasteiger partial charge < -0.3 is 5.32 Å². The average Bonchev–Trinajstić information content (AvgIpc) is 2.83. The quantitative estimate of drug-likeness (QED) is 0.645. The van der Waals surface area contributed by atoms with Crippen LogP contribution in [0.2, 0.25) is 0 Å². The lowest BCUT2D eigenvalue weighted by Crippen LogP contribution is -2.31. The average molecular weight is 251 g/mol. The second kappa shape index (κ2) is 6.36. The van der Waals surface area contributed by atoms with Crippen LogP contribution in [-0.2, 0) is 0 Å². The van der Waals surface area contributed by atoms with Gasteiger partial charge in [-0.15, -0.1) is 0 Å². The van der Waals surface area contributed by atoms with E-state index in [1.165, 1.54) is 25.7 Å². The Hall–Kier alpha value is -0.610. The van der Waals surface area contributed by atoms with E-state index in [0.717, 1.165) is 23.3 Å². The molecule has 1 heterocycles. The standard InChI is InChI=1S/C13H21N3S/c1-10-7-15-13(16-8-10)17-11(2)9-14-12-5-3-4-6-12/h7-8,11-12,14H,3-6,9H2,1-2H3. The molecule has 94 valence electrons. The summed E-state index contributed by atoms with van der Waals surface area (Å²) in [5.74, 6) is 0. The van der Waals surface area contributed by atoms with E-state index in [1.807, 2.05) is 19.3 Å². The Bertz CT molecular complexity index is 333. The minimum Gasteiger partial charge on any atom is -0.313 e. The molecule has 1 unspecified atom stereocenters. The highest BCUT2D eigenvalue weighted by molar-refractivity contribution is 7.99. The third-order valence-corrected chi connectivity index (χ3v) is 4.10. The molecule has 0 bridgehead atoms. The number of hydrogen-bond acceptors (Lipinski definition) is 4. The number of aryl methyl sites for hydroxylation is 1. The van der Waals surface area contributed by atoms with Gasteiger partial charge in [0.15, 0.2) is 5.16 Å². The molecule has 1 fully saturated rings. The molecule has 2 rings (SSSR count). The van der Waals surface area contributed by atoms with Gasteiger partial charge in [-0.25, -0.2) is 9.97 Å². The Morgan fingerprint density at radius 3 is 2.65 bits per heavy atom. The van der Waals surface area contributed by atoms with Crippen molar-refractivity contribution in [3.05, 3.63) is 18.0 Å². The maximum atomic E-state index is 4.32. The molecule has 4 heteroatoms. The lowest BCUT2D eigenvalue weighted by atomic mass is 10.2. The fourth-order valence-corrected chi connectivity index (χ4v) is 2.89. The zero-order valence-corrected chi connectivity index (χ0v) is 11.5. The summed E-state index contributed by atoms with van der Waals surface area (Å²) in [6.07, 6.45) is 9.23. The summed E-state index contributed by atoms with van der Waals surface area (Å²) in [5.41, 5.74) is 1.12. The van der Waals surface area contributed by atoms with Crippen molar-refractivity contribution in [2.45, 2.75) is 56.0 Å². The topological polar surface area (TPSA) is 37.8 Å². The van der Waals surface area contributed by atoms with Gasteiger partial charge in [-0.1, -0.05) is 31.5 Å². The lowest BCUT2D eigenvalue weighted by Gasteiger charge is -2.15. The molecule has 1 aromatic rings. The van der Waals surface area contributed by atoms with Gasteiger partial charge in [-0.05, 0) is 25.3 Å². The fraction of sp³-hybridized carbons (Fsp3) is 0.692. The highest BCUT2D eigenvalue weighted by Gasteiger charge is 2.15. The molecule has 3 nitrogen and oxygen atoms in total. The largest absolute Gasteiger partial charge is 0.313 e. The number of nitrogens with one attached hydrogen (secondary N) is 1. The molecule has 1 aliphatic rings. The van der Waals surface area contributed by atoms with Crippen LogP contribution in [0.15, 0.2) is 17.6 Å². The maximum Gasteiger partial charge on any atom is 0.187 e. The van der Waals surface area contributed by atoms with Gasteiger partial charge in [0.1, 0.15) is 0 Å². The molecule has 1 aromatic heterocycles. The van der Waals surface area contributed by atoms with Crippen molar-refractivity contribution in [3.63, 3.8) is 0 Å². The molecule has 17 heavy (non-hydrogen) atoms. The smallest absolute Gasteiger partial charge is 0.187 e. The summed E-state index contributed by atoms with van der Waals surface area (Å²) in [7, 11) is 0. The fourth-order valence-electron chi connectivity index (χ4n) is 2.13. The van der Waals surface area contributed by atoms with E-state index in [0.29, 0.717) is 5.25 Å². The minimum atomic E-state index is 0.526. The Labute approximate surface area is 108 Å². The van der Waals surface area contributed by atoms with Gasteiger partial charge in [-0.2, -0.15) is 0 Å². The molecule has 0 spiro atoms. The van der Waals surface area contributed by atoms with Crippen LogP contribution in [0.1, 0.15) is 38.2 Å². The van der Waals surface area contributed by atoms with E-state index >= 15 is 0 Å². The molecular formula is C13H21N3S. The minimum absolute atomic E-state index is 0.526. The van der Waals surface area contributed by atoms with Gasteiger partial charge in [0.05, 0.1) is 0 Å². The van der Waals surface area contributed by atoms with Crippen molar-refractivity contribution >= 4 is 11.8 Å². The summed E-state index contributed by atoms with van der Waals surface area (Å²) < 4.78 is 0. The van der Waals surface area contributed by atoms with Crippen LogP contribution in [0.4, 0.5) is 0 Å². The summed E-state index contributed by atoms with van der Waals surface area (Å²) in [6, 6.07) is 0.747. The van der Waals surface area contributed by atoms with Crippen LogP contribution in [-0.4, -0.2) is 27.8 Å². The SMILES string of the molecule is Cc1cnc(SC(C)CNC2CCCC2)nc1. The number of thioether (sulfide) groups is 1. The van der Waals surface area contributed by atoms with E-state index in [-0.39, 0.29) is 0 Å². The van der Waals surface area contributed by atoms with Crippen molar-refractivity contribution in [1.82, 2.24) is 15.3 Å². The van der Waals surface area contributed by atoms with Crippen LogP contribution in [0, 0.1) is 6.92 Å². The van der Waals surface area contributed by atoms with Gasteiger partial charge in [0.2, 0.25) is 0 Å². The molecule has 1 atom stereocenters. The Morgan fingerprint density at radius 1 is 1.35 bits per heavy atom. The number of nitrogens with zero attached hydrogens (tertiary/aromatic N) is 2. The second-order valence-corrected chi connectivity index (χ2v) is 6.27.